The van der Waals surface area contributed by atoms with E-state index < -0.39 is 0 Å². The quantitative estimate of drug-likeness (QED) is 0.842. The van der Waals surface area contributed by atoms with Gasteiger partial charge in [0.1, 0.15) is 18.1 Å². The molecule has 0 heterocycles. The smallest absolute Gasteiger partial charge is 0.125 e. The van der Waals surface area contributed by atoms with E-state index in [-0.39, 0.29) is 6.04 Å². The number of rotatable bonds is 6. The van der Waals surface area contributed by atoms with Crippen LogP contribution >= 0.6 is 15.9 Å². The van der Waals surface area contributed by atoms with Crippen molar-refractivity contribution in [3.8, 4) is 11.5 Å². The summed E-state index contributed by atoms with van der Waals surface area (Å²) in [6.07, 6.45) is 0. The van der Waals surface area contributed by atoms with Crippen molar-refractivity contribution in [2.45, 2.75) is 19.6 Å². The fourth-order valence-corrected chi connectivity index (χ4v) is 2.50. The van der Waals surface area contributed by atoms with E-state index in [1.165, 1.54) is 0 Å². The van der Waals surface area contributed by atoms with Crippen LogP contribution in [0.25, 0.3) is 0 Å². The second kappa shape index (κ2) is 7.48. The van der Waals surface area contributed by atoms with Gasteiger partial charge in [-0.05, 0) is 38.2 Å². The molecule has 21 heavy (non-hydrogen) atoms. The average molecular weight is 350 g/mol. The molecule has 1 atom stereocenters. The molecule has 0 spiro atoms. The lowest BCUT2D eigenvalue weighted by Gasteiger charge is -2.17. The highest BCUT2D eigenvalue weighted by Gasteiger charge is 2.12. The third-order valence-corrected chi connectivity index (χ3v) is 3.94. The Kier molecular flexibility index (Phi) is 5.65. The number of para-hydroxylation sites is 1. The van der Waals surface area contributed by atoms with Crippen molar-refractivity contribution in [3.05, 3.63) is 58.1 Å². The van der Waals surface area contributed by atoms with E-state index >= 15 is 0 Å². The molecule has 0 aliphatic carbocycles. The molecule has 2 aromatic rings. The molecule has 0 aliphatic heterocycles. The molecule has 112 valence electrons. The molecule has 3 nitrogen and oxygen atoms in total. The van der Waals surface area contributed by atoms with Crippen molar-refractivity contribution < 1.29 is 9.47 Å². The Morgan fingerprint density at radius 3 is 2.62 bits per heavy atom. The third-order valence-electron chi connectivity index (χ3n) is 3.45. The van der Waals surface area contributed by atoms with Gasteiger partial charge in [0.05, 0.1) is 7.11 Å². The number of methoxy groups -OCH3 is 1. The maximum absolute atomic E-state index is 6.00. The zero-order valence-corrected chi connectivity index (χ0v) is 14.1. The largest absolute Gasteiger partial charge is 0.496 e. The summed E-state index contributed by atoms with van der Waals surface area (Å²) in [5, 5.41) is 3.24. The number of hydrogen-bond acceptors (Lipinski definition) is 3. The van der Waals surface area contributed by atoms with Gasteiger partial charge in [0.25, 0.3) is 0 Å². The average Bonchev–Trinajstić information content (AvgIpc) is 2.53. The highest BCUT2D eigenvalue weighted by atomic mass is 79.9. The Morgan fingerprint density at radius 2 is 1.90 bits per heavy atom. The minimum Gasteiger partial charge on any atom is -0.496 e. The summed E-state index contributed by atoms with van der Waals surface area (Å²) in [5.41, 5.74) is 2.16. The predicted molar refractivity (Wildman–Crippen MR) is 88.9 cm³/mol. The van der Waals surface area contributed by atoms with Gasteiger partial charge in [0, 0.05) is 21.6 Å². The van der Waals surface area contributed by atoms with Crippen LogP contribution in [0, 0.1) is 0 Å². The second-order valence-corrected chi connectivity index (χ2v) is 5.71. The number of nitrogens with one attached hydrogen (secondary N) is 1. The van der Waals surface area contributed by atoms with Crippen molar-refractivity contribution in [1.82, 2.24) is 5.32 Å². The lowest BCUT2D eigenvalue weighted by atomic mass is 10.1. The first-order valence-electron chi connectivity index (χ1n) is 6.87. The Morgan fingerprint density at radius 1 is 1.14 bits per heavy atom. The molecule has 1 unspecified atom stereocenters. The molecule has 0 bridgehead atoms. The molecule has 0 amide bonds. The predicted octanol–water partition coefficient (Wildman–Crippen LogP) is 4.32. The summed E-state index contributed by atoms with van der Waals surface area (Å²) in [4.78, 5) is 0. The fourth-order valence-electron chi connectivity index (χ4n) is 2.12. The standard InChI is InChI=1S/C17H20BrNO2/c1-12(19-2)15-10-14(18)8-9-17(15)21-11-13-6-4-5-7-16(13)20-3/h4-10,12,19H,11H2,1-3H3. The normalized spacial score (nSPS) is 12.0. The van der Waals surface area contributed by atoms with E-state index in [1.54, 1.807) is 7.11 Å². The zero-order chi connectivity index (χ0) is 15.2. The van der Waals surface area contributed by atoms with Crippen LogP contribution in [-0.2, 0) is 6.61 Å². The van der Waals surface area contributed by atoms with Gasteiger partial charge >= 0.3 is 0 Å². The van der Waals surface area contributed by atoms with E-state index in [1.807, 2.05) is 43.4 Å². The molecule has 2 aromatic carbocycles. The summed E-state index contributed by atoms with van der Waals surface area (Å²) in [7, 11) is 3.61. The first kappa shape index (κ1) is 15.9. The van der Waals surface area contributed by atoms with Crippen molar-refractivity contribution in [2.24, 2.45) is 0 Å². The summed E-state index contributed by atoms with van der Waals surface area (Å²) in [6.45, 7) is 2.59. The van der Waals surface area contributed by atoms with Crippen molar-refractivity contribution in [1.29, 1.82) is 0 Å². The van der Waals surface area contributed by atoms with Crippen molar-refractivity contribution >= 4 is 15.9 Å². The van der Waals surface area contributed by atoms with Crippen LogP contribution < -0.4 is 14.8 Å². The fraction of sp³-hybridized carbons (Fsp3) is 0.294. The van der Waals surface area contributed by atoms with Crippen LogP contribution in [0.1, 0.15) is 24.1 Å². The highest BCUT2D eigenvalue weighted by Crippen LogP contribution is 2.30. The molecule has 0 saturated carbocycles. The maximum Gasteiger partial charge on any atom is 0.125 e. The Hall–Kier alpha value is -1.52. The minimum atomic E-state index is 0.218. The monoisotopic (exact) mass is 349 g/mol. The van der Waals surface area contributed by atoms with Gasteiger partial charge in [0.15, 0.2) is 0 Å². The highest BCUT2D eigenvalue weighted by molar-refractivity contribution is 9.10. The van der Waals surface area contributed by atoms with Gasteiger partial charge in [-0.15, -0.1) is 0 Å². The Balaban J connectivity index is 2.20. The van der Waals surface area contributed by atoms with Gasteiger partial charge in [-0.25, -0.2) is 0 Å². The summed E-state index contributed by atoms with van der Waals surface area (Å²) < 4.78 is 12.4. The van der Waals surface area contributed by atoms with Gasteiger partial charge in [-0.2, -0.15) is 0 Å². The van der Waals surface area contributed by atoms with Crippen LogP contribution in [0.5, 0.6) is 11.5 Å². The van der Waals surface area contributed by atoms with Gasteiger partial charge in [-0.3, -0.25) is 0 Å². The third kappa shape index (κ3) is 3.99. The van der Waals surface area contributed by atoms with Crippen LogP contribution in [0.15, 0.2) is 46.9 Å². The van der Waals surface area contributed by atoms with E-state index in [4.69, 9.17) is 9.47 Å². The van der Waals surface area contributed by atoms with Crippen LogP contribution in [0.4, 0.5) is 0 Å². The van der Waals surface area contributed by atoms with Crippen LogP contribution in [-0.4, -0.2) is 14.2 Å². The topological polar surface area (TPSA) is 30.5 Å². The van der Waals surface area contributed by atoms with Crippen molar-refractivity contribution in [2.75, 3.05) is 14.2 Å². The molecule has 0 radical (unpaired) electrons. The first-order chi connectivity index (χ1) is 10.2. The molecular formula is C17H20BrNO2. The van der Waals surface area contributed by atoms with Crippen molar-refractivity contribution in [3.63, 3.8) is 0 Å². The van der Waals surface area contributed by atoms with Gasteiger partial charge < -0.3 is 14.8 Å². The number of ether oxygens (including phenoxy) is 2. The van der Waals surface area contributed by atoms with Gasteiger partial charge in [0.2, 0.25) is 0 Å². The second-order valence-electron chi connectivity index (χ2n) is 4.79. The summed E-state index contributed by atoms with van der Waals surface area (Å²) in [6, 6.07) is 14.2. The number of benzene rings is 2. The molecule has 0 fully saturated rings. The van der Waals surface area contributed by atoms with Gasteiger partial charge in [-0.1, -0.05) is 34.1 Å². The SMILES string of the molecule is CNC(C)c1cc(Br)ccc1OCc1ccccc1OC. The Labute approximate surface area is 134 Å². The van der Waals surface area contributed by atoms with Crippen LogP contribution in [0.3, 0.4) is 0 Å². The molecule has 0 aromatic heterocycles. The van der Waals surface area contributed by atoms with E-state index in [0.717, 1.165) is 27.1 Å². The zero-order valence-electron chi connectivity index (χ0n) is 12.5. The van der Waals surface area contributed by atoms with E-state index in [0.29, 0.717) is 6.61 Å². The summed E-state index contributed by atoms with van der Waals surface area (Å²) in [5.74, 6) is 1.73. The number of halogens is 1. The molecular weight excluding hydrogens is 330 g/mol. The lowest BCUT2D eigenvalue weighted by molar-refractivity contribution is 0.291. The lowest BCUT2D eigenvalue weighted by Crippen LogP contribution is -2.14. The minimum absolute atomic E-state index is 0.218. The molecule has 0 saturated heterocycles. The molecule has 0 aliphatic rings. The first-order valence-corrected chi connectivity index (χ1v) is 7.66. The molecule has 4 heteroatoms. The van der Waals surface area contributed by atoms with E-state index in [9.17, 15) is 0 Å². The number of hydrogen-bond donors (Lipinski definition) is 1. The maximum atomic E-state index is 6.00. The Bertz CT molecular complexity index is 601. The van der Waals surface area contributed by atoms with Crippen LogP contribution in [0.2, 0.25) is 0 Å². The molecule has 1 N–H and O–H groups in total. The van der Waals surface area contributed by atoms with E-state index in [2.05, 4.69) is 34.2 Å². The molecule has 2 rings (SSSR count). The summed E-state index contributed by atoms with van der Waals surface area (Å²) >= 11 is 3.51.